The number of rotatable bonds is 2. The second-order valence-corrected chi connectivity index (χ2v) is 5.22. The number of hydrogen-bond donors (Lipinski definition) is 1. The van der Waals surface area contributed by atoms with E-state index in [0.29, 0.717) is 30.8 Å². The van der Waals surface area contributed by atoms with Gasteiger partial charge in [0.2, 0.25) is 0 Å². The molecule has 1 aliphatic rings. The van der Waals surface area contributed by atoms with Crippen molar-refractivity contribution >= 4 is 5.91 Å². The lowest BCUT2D eigenvalue weighted by atomic mass is 9.98. The molecule has 19 heavy (non-hydrogen) atoms. The number of amides is 1. The Labute approximate surface area is 113 Å². The minimum absolute atomic E-state index is 0.0584. The first kappa shape index (κ1) is 13.8. The van der Waals surface area contributed by atoms with Crippen LogP contribution < -0.4 is 4.74 Å². The molecule has 0 saturated carbocycles. The molecule has 0 spiro atoms. The molecule has 1 aliphatic heterocycles. The van der Waals surface area contributed by atoms with Gasteiger partial charge in [-0.3, -0.25) is 9.78 Å². The van der Waals surface area contributed by atoms with E-state index in [0.717, 1.165) is 12.8 Å². The summed E-state index contributed by atoms with van der Waals surface area (Å²) < 4.78 is 5.17. The standard InChI is InChI=1S/C14H20N2O3/c1-14(18)5-3-8-16(9-6-14)13(17)11-4-7-15-10-12(11)19-2/h4,7,10,18H,3,5-6,8-9H2,1-2H3. The maximum absolute atomic E-state index is 12.5. The number of methoxy groups -OCH3 is 1. The highest BCUT2D eigenvalue weighted by Crippen LogP contribution is 2.24. The molecule has 1 unspecified atom stereocenters. The summed E-state index contributed by atoms with van der Waals surface area (Å²) in [6.45, 7) is 3.06. The molecule has 0 radical (unpaired) electrons. The number of likely N-dealkylation sites (tertiary alicyclic amines) is 1. The van der Waals surface area contributed by atoms with Crippen LogP contribution in [0.1, 0.15) is 36.5 Å². The number of ether oxygens (including phenoxy) is 1. The van der Waals surface area contributed by atoms with Crippen LogP contribution in [0, 0.1) is 0 Å². The molecule has 5 nitrogen and oxygen atoms in total. The molecular weight excluding hydrogens is 244 g/mol. The monoisotopic (exact) mass is 264 g/mol. The van der Waals surface area contributed by atoms with Crippen molar-refractivity contribution in [3.05, 3.63) is 24.0 Å². The van der Waals surface area contributed by atoms with Gasteiger partial charge in [0.15, 0.2) is 0 Å². The Morgan fingerprint density at radius 3 is 3.00 bits per heavy atom. The van der Waals surface area contributed by atoms with Gasteiger partial charge in [-0.05, 0) is 32.3 Å². The van der Waals surface area contributed by atoms with Gasteiger partial charge in [0.1, 0.15) is 5.75 Å². The molecule has 1 amide bonds. The minimum Gasteiger partial charge on any atom is -0.494 e. The molecule has 1 saturated heterocycles. The first-order chi connectivity index (χ1) is 9.03. The molecule has 1 aromatic heterocycles. The van der Waals surface area contributed by atoms with Crippen LogP contribution in [0.5, 0.6) is 5.75 Å². The van der Waals surface area contributed by atoms with Gasteiger partial charge in [0, 0.05) is 19.3 Å². The van der Waals surface area contributed by atoms with Crippen LogP contribution in [0.15, 0.2) is 18.5 Å². The van der Waals surface area contributed by atoms with E-state index in [1.54, 1.807) is 23.4 Å². The van der Waals surface area contributed by atoms with E-state index in [-0.39, 0.29) is 5.91 Å². The Bertz CT molecular complexity index is 460. The highest BCUT2D eigenvalue weighted by atomic mass is 16.5. The molecule has 1 atom stereocenters. The molecule has 0 bridgehead atoms. The summed E-state index contributed by atoms with van der Waals surface area (Å²) in [5.74, 6) is 0.431. The van der Waals surface area contributed by atoms with Gasteiger partial charge in [-0.2, -0.15) is 0 Å². The van der Waals surface area contributed by atoms with Crippen molar-refractivity contribution in [3.63, 3.8) is 0 Å². The number of aliphatic hydroxyl groups is 1. The zero-order chi connectivity index (χ0) is 13.9. The molecule has 0 aliphatic carbocycles. The number of pyridine rings is 1. The lowest BCUT2D eigenvalue weighted by molar-refractivity contribution is 0.0437. The maximum atomic E-state index is 12.5. The molecule has 1 N–H and O–H groups in total. The van der Waals surface area contributed by atoms with Gasteiger partial charge in [-0.25, -0.2) is 0 Å². The Kier molecular flexibility index (Phi) is 4.04. The first-order valence-electron chi connectivity index (χ1n) is 6.53. The van der Waals surface area contributed by atoms with Crippen LogP contribution >= 0.6 is 0 Å². The van der Waals surface area contributed by atoms with Crippen molar-refractivity contribution < 1.29 is 14.6 Å². The zero-order valence-corrected chi connectivity index (χ0v) is 11.4. The van der Waals surface area contributed by atoms with E-state index in [4.69, 9.17) is 4.74 Å². The van der Waals surface area contributed by atoms with Crippen molar-refractivity contribution in [3.8, 4) is 5.75 Å². The van der Waals surface area contributed by atoms with Crippen LogP contribution in [0.25, 0.3) is 0 Å². The smallest absolute Gasteiger partial charge is 0.257 e. The summed E-state index contributed by atoms with van der Waals surface area (Å²) in [6, 6.07) is 1.67. The highest BCUT2D eigenvalue weighted by Gasteiger charge is 2.28. The van der Waals surface area contributed by atoms with Crippen LogP contribution in [0.3, 0.4) is 0 Å². The van der Waals surface area contributed by atoms with Crippen LogP contribution in [0.4, 0.5) is 0 Å². The summed E-state index contributed by atoms with van der Waals surface area (Å²) in [7, 11) is 1.53. The van der Waals surface area contributed by atoms with Gasteiger partial charge in [0.25, 0.3) is 5.91 Å². The lowest BCUT2D eigenvalue weighted by Gasteiger charge is -2.23. The topological polar surface area (TPSA) is 62.7 Å². The summed E-state index contributed by atoms with van der Waals surface area (Å²) in [6.07, 6.45) is 5.27. The summed E-state index contributed by atoms with van der Waals surface area (Å²) in [4.78, 5) is 18.2. The molecule has 104 valence electrons. The van der Waals surface area contributed by atoms with Crippen molar-refractivity contribution in [1.82, 2.24) is 9.88 Å². The van der Waals surface area contributed by atoms with E-state index in [1.807, 2.05) is 6.92 Å². The Balaban J connectivity index is 2.15. The van der Waals surface area contributed by atoms with Gasteiger partial charge in [-0.1, -0.05) is 0 Å². The summed E-state index contributed by atoms with van der Waals surface area (Å²) >= 11 is 0. The minimum atomic E-state index is -0.669. The lowest BCUT2D eigenvalue weighted by Crippen LogP contribution is -2.33. The SMILES string of the molecule is COc1cnccc1C(=O)N1CCCC(C)(O)CC1. The second-order valence-electron chi connectivity index (χ2n) is 5.22. The largest absolute Gasteiger partial charge is 0.494 e. The zero-order valence-electron chi connectivity index (χ0n) is 11.4. The molecular formula is C14H20N2O3. The third-order valence-corrected chi connectivity index (χ3v) is 3.59. The van der Waals surface area contributed by atoms with Crippen molar-refractivity contribution in [1.29, 1.82) is 0 Å². The van der Waals surface area contributed by atoms with Gasteiger partial charge >= 0.3 is 0 Å². The first-order valence-corrected chi connectivity index (χ1v) is 6.53. The quantitative estimate of drug-likeness (QED) is 0.878. The Morgan fingerprint density at radius 1 is 1.47 bits per heavy atom. The van der Waals surface area contributed by atoms with Crippen molar-refractivity contribution in [2.75, 3.05) is 20.2 Å². The number of aromatic nitrogens is 1. The Hall–Kier alpha value is -1.62. The number of hydrogen-bond acceptors (Lipinski definition) is 4. The fourth-order valence-corrected chi connectivity index (χ4v) is 2.36. The molecule has 5 heteroatoms. The third kappa shape index (κ3) is 3.23. The van der Waals surface area contributed by atoms with E-state index in [1.165, 1.54) is 7.11 Å². The van der Waals surface area contributed by atoms with E-state index in [2.05, 4.69) is 4.98 Å². The third-order valence-electron chi connectivity index (χ3n) is 3.59. The maximum Gasteiger partial charge on any atom is 0.257 e. The molecule has 0 aromatic carbocycles. The van der Waals surface area contributed by atoms with E-state index >= 15 is 0 Å². The molecule has 2 heterocycles. The predicted octanol–water partition coefficient (Wildman–Crippen LogP) is 1.47. The fourth-order valence-electron chi connectivity index (χ4n) is 2.36. The van der Waals surface area contributed by atoms with Crippen molar-refractivity contribution in [2.45, 2.75) is 31.8 Å². The van der Waals surface area contributed by atoms with Gasteiger partial charge < -0.3 is 14.7 Å². The number of carbonyl (C=O) groups is 1. The Morgan fingerprint density at radius 2 is 2.26 bits per heavy atom. The molecule has 1 fully saturated rings. The molecule has 2 rings (SSSR count). The van der Waals surface area contributed by atoms with Crippen LogP contribution in [-0.2, 0) is 0 Å². The number of nitrogens with zero attached hydrogens (tertiary/aromatic N) is 2. The van der Waals surface area contributed by atoms with Crippen LogP contribution in [-0.4, -0.2) is 46.7 Å². The fraction of sp³-hybridized carbons (Fsp3) is 0.571. The van der Waals surface area contributed by atoms with E-state index < -0.39 is 5.60 Å². The molecule has 1 aromatic rings. The average molecular weight is 264 g/mol. The average Bonchev–Trinajstić information content (AvgIpc) is 2.59. The van der Waals surface area contributed by atoms with Crippen molar-refractivity contribution in [2.24, 2.45) is 0 Å². The normalized spacial score (nSPS) is 23.8. The van der Waals surface area contributed by atoms with E-state index in [9.17, 15) is 9.90 Å². The number of carbonyl (C=O) groups excluding carboxylic acids is 1. The van der Waals surface area contributed by atoms with Gasteiger partial charge in [-0.15, -0.1) is 0 Å². The van der Waals surface area contributed by atoms with Gasteiger partial charge in [0.05, 0.1) is 24.5 Å². The van der Waals surface area contributed by atoms with Crippen LogP contribution in [0.2, 0.25) is 0 Å². The summed E-state index contributed by atoms with van der Waals surface area (Å²) in [5.41, 5.74) is -0.142. The second kappa shape index (κ2) is 5.57. The summed E-state index contributed by atoms with van der Waals surface area (Å²) in [5, 5.41) is 10.1. The predicted molar refractivity (Wildman–Crippen MR) is 71.2 cm³/mol. The highest BCUT2D eigenvalue weighted by molar-refractivity contribution is 5.96.